The number of morpholine rings is 1. The molecular weight excluding hydrogens is 338 g/mol. The van der Waals surface area contributed by atoms with Crippen molar-refractivity contribution < 1.29 is 17.6 Å². The van der Waals surface area contributed by atoms with Crippen LogP contribution in [0.1, 0.15) is 29.2 Å². The highest BCUT2D eigenvalue weighted by Crippen LogP contribution is 2.23. The normalized spacial score (nSPS) is 20.0. The lowest BCUT2D eigenvalue weighted by Gasteiger charge is -2.29. The number of aryl methyl sites for hydroxylation is 2. The minimum absolute atomic E-state index is 0.218. The number of hydrogen-bond donors (Lipinski definition) is 0. The van der Waals surface area contributed by atoms with Crippen molar-refractivity contribution in [1.82, 2.24) is 14.5 Å². The van der Waals surface area contributed by atoms with E-state index in [0.29, 0.717) is 31.4 Å². The van der Waals surface area contributed by atoms with Crippen LogP contribution in [-0.4, -0.2) is 48.9 Å². The number of nitrogens with zero attached hydrogens (tertiary/aromatic N) is 3. The number of rotatable bonds is 6. The molecule has 0 radical (unpaired) electrons. The predicted molar refractivity (Wildman–Crippen MR) is 85.8 cm³/mol. The summed E-state index contributed by atoms with van der Waals surface area (Å²) < 4.78 is 35.8. The molecule has 0 amide bonds. The monoisotopic (exact) mass is 357 g/mol. The van der Waals surface area contributed by atoms with Gasteiger partial charge in [0.1, 0.15) is 6.10 Å². The van der Waals surface area contributed by atoms with E-state index in [0.717, 1.165) is 12.8 Å². The van der Waals surface area contributed by atoms with E-state index in [9.17, 15) is 8.42 Å². The van der Waals surface area contributed by atoms with E-state index < -0.39 is 16.1 Å². The molecule has 126 valence electrons. The second-order valence-corrected chi connectivity index (χ2v) is 8.46. The Hall–Kier alpha value is -1.29. The SMILES string of the molecule is CS(=O)(=O)N1CCO[C@@H](c2nnc(CCCc3cccs3)o2)C1. The minimum atomic E-state index is -3.23. The van der Waals surface area contributed by atoms with Crippen molar-refractivity contribution in [2.24, 2.45) is 0 Å². The first-order valence-electron chi connectivity index (χ1n) is 7.44. The van der Waals surface area contributed by atoms with E-state index in [-0.39, 0.29) is 6.54 Å². The average molecular weight is 357 g/mol. The van der Waals surface area contributed by atoms with E-state index >= 15 is 0 Å². The lowest BCUT2D eigenvalue weighted by molar-refractivity contribution is -0.0176. The lowest BCUT2D eigenvalue weighted by atomic mass is 10.2. The van der Waals surface area contributed by atoms with E-state index in [2.05, 4.69) is 21.6 Å². The molecule has 0 N–H and O–H groups in total. The molecule has 0 bridgehead atoms. The van der Waals surface area contributed by atoms with Crippen LogP contribution in [0, 0.1) is 0 Å². The van der Waals surface area contributed by atoms with Gasteiger partial charge in [-0.2, -0.15) is 4.31 Å². The first kappa shape index (κ1) is 16.6. The highest BCUT2D eigenvalue weighted by atomic mass is 32.2. The molecule has 2 aromatic heterocycles. The molecule has 7 nitrogen and oxygen atoms in total. The van der Waals surface area contributed by atoms with Gasteiger partial charge in [0.25, 0.3) is 0 Å². The Morgan fingerprint density at radius 2 is 2.26 bits per heavy atom. The van der Waals surface area contributed by atoms with Crippen molar-refractivity contribution >= 4 is 21.4 Å². The summed E-state index contributed by atoms with van der Waals surface area (Å²) in [6.45, 7) is 0.903. The summed E-state index contributed by atoms with van der Waals surface area (Å²) in [5.74, 6) is 0.918. The van der Waals surface area contributed by atoms with Gasteiger partial charge >= 0.3 is 0 Å². The molecule has 3 heterocycles. The Labute approximate surface area is 139 Å². The Bertz CT molecular complexity index is 727. The van der Waals surface area contributed by atoms with Gasteiger partial charge in [-0.3, -0.25) is 0 Å². The smallest absolute Gasteiger partial charge is 0.246 e. The lowest BCUT2D eigenvalue weighted by Crippen LogP contribution is -2.41. The molecule has 2 aromatic rings. The molecule has 1 fully saturated rings. The zero-order chi connectivity index (χ0) is 16.3. The van der Waals surface area contributed by atoms with Gasteiger partial charge in [-0.1, -0.05) is 6.07 Å². The van der Waals surface area contributed by atoms with Crippen LogP contribution in [-0.2, 0) is 27.6 Å². The summed E-state index contributed by atoms with van der Waals surface area (Å²) in [6.07, 6.45) is 3.32. The fourth-order valence-electron chi connectivity index (χ4n) is 2.44. The number of ether oxygens (including phenoxy) is 1. The van der Waals surface area contributed by atoms with Gasteiger partial charge < -0.3 is 9.15 Å². The van der Waals surface area contributed by atoms with Crippen molar-refractivity contribution in [3.8, 4) is 0 Å². The third-order valence-corrected chi connectivity index (χ3v) is 5.86. The Morgan fingerprint density at radius 3 is 3.00 bits per heavy atom. The quantitative estimate of drug-likeness (QED) is 0.781. The number of hydrogen-bond acceptors (Lipinski definition) is 7. The largest absolute Gasteiger partial charge is 0.422 e. The minimum Gasteiger partial charge on any atom is -0.422 e. The van der Waals surface area contributed by atoms with Crippen LogP contribution < -0.4 is 0 Å². The number of thiophene rings is 1. The van der Waals surface area contributed by atoms with Gasteiger partial charge in [0, 0.05) is 24.4 Å². The first-order valence-corrected chi connectivity index (χ1v) is 10.2. The molecule has 0 aromatic carbocycles. The Kier molecular flexibility index (Phi) is 5.10. The number of aromatic nitrogens is 2. The van der Waals surface area contributed by atoms with Crippen LogP contribution >= 0.6 is 11.3 Å². The van der Waals surface area contributed by atoms with Crippen LogP contribution in [0.2, 0.25) is 0 Å². The molecule has 1 saturated heterocycles. The summed E-state index contributed by atoms with van der Waals surface area (Å²) in [6, 6.07) is 4.15. The summed E-state index contributed by atoms with van der Waals surface area (Å²) in [4.78, 5) is 1.34. The molecular formula is C14H19N3O4S2. The second kappa shape index (κ2) is 7.08. The predicted octanol–water partition coefficient (Wildman–Crippen LogP) is 1.64. The third-order valence-electron chi connectivity index (χ3n) is 3.65. The Balaban J connectivity index is 1.56. The molecule has 23 heavy (non-hydrogen) atoms. The molecule has 1 atom stereocenters. The van der Waals surface area contributed by atoms with E-state index in [1.807, 2.05) is 6.07 Å². The molecule has 0 spiro atoms. The Morgan fingerprint density at radius 1 is 1.39 bits per heavy atom. The van der Waals surface area contributed by atoms with Gasteiger partial charge in [0.2, 0.25) is 21.8 Å². The fraction of sp³-hybridized carbons (Fsp3) is 0.571. The zero-order valence-corrected chi connectivity index (χ0v) is 14.5. The van der Waals surface area contributed by atoms with Gasteiger partial charge in [0.05, 0.1) is 12.9 Å². The van der Waals surface area contributed by atoms with Gasteiger partial charge in [0.15, 0.2) is 0 Å². The summed E-state index contributed by atoms with van der Waals surface area (Å²) in [5.41, 5.74) is 0. The highest BCUT2D eigenvalue weighted by molar-refractivity contribution is 7.88. The van der Waals surface area contributed by atoms with E-state index in [4.69, 9.17) is 9.15 Å². The molecule has 3 rings (SSSR count). The van der Waals surface area contributed by atoms with Crippen LogP contribution in [0.5, 0.6) is 0 Å². The molecule has 1 aliphatic heterocycles. The highest BCUT2D eigenvalue weighted by Gasteiger charge is 2.30. The maximum absolute atomic E-state index is 11.6. The fourth-order valence-corrected chi connectivity index (χ4v) is 4.01. The molecule has 1 aliphatic rings. The van der Waals surface area contributed by atoms with E-state index in [1.165, 1.54) is 15.4 Å². The molecule has 0 aliphatic carbocycles. The van der Waals surface area contributed by atoms with Crippen LogP contribution in [0.15, 0.2) is 21.9 Å². The van der Waals surface area contributed by atoms with Crippen LogP contribution in [0.25, 0.3) is 0 Å². The zero-order valence-electron chi connectivity index (χ0n) is 12.8. The average Bonchev–Trinajstić information content (AvgIpc) is 3.18. The molecule has 0 unspecified atom stereocenters. The standard InChI is InChI=1S/C14H19N3O4S2/c1-23(18,19)17-7-8-20-12(10-17)14-16-15-13(21-14)6-2-4-11-5-3-9-22-11/h3,5,9,12H,2,4,6-8,10H2,1H3/t12-/m1/s1. The van der Waals surface area contributed by atoms with Crippen molar-refractivity contribution in [3.05, 3.63) is 34.2 Å². The van der Waals surface area contributed by atoms with Crippen LogP contribution in [0.3, 0.4) is 0 Å². The summed E-state index contributed by atoms with van der Waals surface area (Å²) in [5, 5.41) is 10.1. The van der Waals surface area contributed by atoms with Crippen LogP contribution in [0.4, 0.5) is 0 Å². The van der Waals surface area contributed by atoms with E-state index in [1.54, 1.807) is 11.3 Å². The second-order valence-electron chi connectivity index (χ2n) is 5.45. The van der Waals surface area contributed by atoms with Gasteiger partial charge in [-0.15, -0.1) is 21.5 Å². The van der Waals surface area contributed by atoms with Gasteiger partial charge in [-0.05, 0) is 24.3 Å². The molecule has 0 saturated carbocycles. The first-order chi connectivity index (χ1) is 11.0. The van der Waals surface area contributed by atoms with Crippen molar-refractivity contribution in [1.29, 1.82) is 0 Å². The van der Waals surface area contributed by atoms with Crippen molar-refractivity contribution in [3.63, 3.8) is 0 Å². The maximum atomic E-state index is 11.6. The molecule has 9 heteroatoms. The third kappa shape index (κ3) is 4.37. The van der Waals surface area contributed by atoms with Crippen molar-refractivity contribution in [2.75, 3.05) is 26.0 Å². The maximum Gasteiger partial charge on any atom is 0.246 e. The van der Waals surface area contributed by atoms with Gasteiger partial charge in [-0.25, -0.2) is 8.42 Å². The summed E-state index contributed by atoms with van der Waals surface area (Å²) in [7, 11) is -3.23. The van der Waals surface area contributed by atoms with Crippen molar-refractivity contribution in [2.45, 2.75) is 25.4 Å². The summed E-state index contributed by atoms with van der Waals surface area (Å²) >= 11 is 1.74. The number of sulfonamides is 1. The topological polar surface area (TPSA) is 85.5 Å².